The van der Waals surface area contributed by atoms with Crippen molar-refractivity contribution in [2.75, 3.05) is 20.3 Å². The van der Waals surface area contributed by atoms with Crippen LogP contribution in [0.3, 0.4) is 0 Å². The molecule has 3 heterocycles. The van der Waals surface area contributed by atoms with Gasteiger partial charge in [0.05, 0.1) is 18.9 Å². The van der Waals surface area contributed by atoms with Gasteiger partial charge < -0.3 is 15.2 Å². The van der Waals surface area contributed by atoms with E-state index in [1.165, 1.54) is 25.6 Å². The number of hydrogen-bond acceptors (Lipinski definition) is 7. The molecule has 2 aliphatic rings. The van der Waals surface area contributed by atoms with E-state index in [1.807, 2.05) is 0 Å². The number of alkyl halides is 2. The van der Waals surface area contributed by atoms with Gasteiger partial charge in [-0.1, -0.05) is 5.92 Å². The van der Waals surface area contributed by atoms with Gasteiger partial charge in [0, 0.05) is 43.6 Å². The lowest BCUT2D eigenvalue weighted by atomic mass is 9.92. The summed E-state index contributed by atoms with van der Waals surface area (Å²) in [6, 6.07) is 2.91. The predicted octanol–water partition coefficient (Wildman–Crippen LogP) is 4.88. The van der Waals surface area contributed by atoms with E-state index in [4.69, 9.17) is 20.6 Å². The first-order valence-corrected chi connectivity index (χ1v) is 12.7. The van der Waals surface area contributed by atoms with E-state index in [0.29, 0.717) is 42.7 Å². The first-order valence-electron chi connectivity index (χ1n) is 11.9. The number of amidine groups is 1. The van der Waals surface area contributed by atoms with Crippen LogP contribution in [0.25, 0.3) is 11.1 Å². The number of hydrogen-bond donors (Lipinski definition) is 2. The maximum Gasteiger partial charge on any atom is 0.281 e. The third kappa shape index (κ3) is 7.33. The van der Waals surface area contributed by atoms with E-state index in [-0.39, 0.29) is 28.5 Å². The smallest absolute Gasteiger partial charge is 0.281 e. The molecule has 1 saturated carbocycles. The van der Waals surface area contributed by atoms with Gasteiger partial charge in [-0.25, -0.2) is 8.78 Å². The summed E-state index contributed by atoms with van der Waals surface area (Å²) in [5, 5.41) is 7.78. The average Bonchev–Trinajstić information content (AvgIpc) is 3.72. The molecule has 196 valence electrons. The Morgan fingerprint density at radius 2 is 2.03 bits per heavy atom. The van der Waals surface area contributed by atoms with Crippen LogP contribution >= 0.6 is 11.8 Å². The SMILES string of the molecule is COc1cnc(C(F)F)cc1-c1cc(CC2CCOCC2)ncc1C(=O)N=C(N)SC(=N)C#CC1CC1.[HH]. The highest BCUT2D eigenvalue weighted by Gasteiger charge is 2.23. The van der Waals surface area contributed by atoms with Crippen molar-refractivity contribution in [1.82, 2.24) is 9.97 Å². The third-order valence-electron chi connectivity index (χ3n) is 6.04. The molecule has 3 N–H and O–H groups in total. The van der Waals surface area contributed by atoms with Crippen molar-refractivity contribution in [2.24, 2.45) is 22.6 Å². The number of pyridine rings is 2. The lowest BCUT2D eigenvalue weighted by Crippen LogP contribution is -2.18. The zero-order valence-electron chi connectivity index (χ0n) is 20.3. The van der Waals surface area contributed by atoms with Crippen molar-refractivity contribution in [1.29, 1.82) is 5.41 Å². The number of carbonyl (C=O) groups excluding carboxylic acids is 1. The summed E-state index contributed by atoms with van der Waals surface area (Å²) < 4.78 is 37.8. The van der Waals surface area contributed by atoms with Gasteiger partial charge in [0.15, 0.2) is 5.17 Å². The van der Waals surface area contributed by atoms with Gasteiger partial charge in [0.2, 0.25) is 0 Å². The molecule has 8 nitrogen and oxygen atoms in total. The standard InChI is InChI=1S/C26H27F2N5O3S.H2/c1-35-22-14-32-21(24(27)28)12-19(22)18-11-17(10-16-6-8-36-9-7-16)31-13-20(18)25(34)33-26(30)37-23(29)5-4-15-2-3-15;/h11-16,24,29H,2-3,6-10H2,1H3,(H2,30,33,34);1H. The molecule has 0 spiro atoms. The Hall–Kier alpha value is -3.36. The molecule has 1 aliphatic heterocycles. The molecule has 0 unspecified atom stereocenters. The number of thioether (sulfide) groups is 1. The molecule has 11 heteroatoms. The van der Waals surface area contributed by atoms with E-state index >= 15 is 0 Å². The fourth-order valence-corrected chi connectivity index (χ4v) is 4.36. The third-order valence-corrected chi connectivity index (χ3v) is 6.64. The van der Waals surface area contributed by atoms with E-state index in [0.717, 1.165) is 37.4 Å². The first kappa shape index (κ1) is 26.7. The van der Waals surface area contributed by atoms with Crippen molar-refractivity contribution in [3.63, 3.8) is 0 Å². The van der Waals surface area contributed by atoms with Crippen LogP contribution in [0.1, 0.15) is 55.3 Å². The van der Waals surface area contributed by atoms with Gasteiger partial charge in [-0.3, -0.25) is 20.2 Å². The average molecular weight is 530 g/mol. The number of amides is 1. The van der Waals surface area contributed by atoms with Crippen LogP contribution in [0.15, 0.2) is 29.5 Å². The van der Waals surface area contributed by atoms with Gasteiger partial charge in [-0.2, -0.15) is 4.99 Å². The molecule has 2 fully saturated rings. The molecule has 1 amide bonds. The second kappa shape index (κ2) is 12.3. The Morgan fingerprint density at radius 3 is 2.70 bits per heavy atom. The molecular formula is C26H29F2N5O3S. The molecule has 1 aliphatic carbocycles. The number of aliphatic imine (C=N–C) groups is 1. The van der Waals surface area contributed by atoms with Crippen LogP contribution in [-0.2, 0) is 11.2 Å². The van der Waals surface area contributed by atoms with Crippen molar-refractivity contribution < 1.29 is 24.5 Å². The summed E-state index contributed by atoms with van der Waals surface area (Å²) in [5.74, 6) is 5.86. The number of nitrogens with one attached hydrogen (secondary N) is 1. The minimum atomic E-state index is -2.81. The number of carbonyl (C=O) groups is 1. The Kier molecular flexibility index (Phi) is 8.84. The van der Waals surface area contributed by atoms with Crippen LogP contribution in [0, 0.1) is 29.1 Å². The van der Waals surface area contributed by atoms with Crippen molar-refractivity contribution in [3.8, 4) is 28.7 Å². The quantitative estimate of drug-likeness (QED) is 0.310. The molecule has 1 saturated heterocycles. The molecule has 4 rings (SSSR count). The number of nitrogens with zero attached hydrogens (tertiary/aromatic N) is 3. The van der Waals surface area contributed by atoms with Crippen molar-refractivity contribution in [3.05, 3.63) is 41.5 Å². The molecule has 37 heavy (non-hydrogen) atoms. The summed E-state index contributed by atoms with van der Waals surface area (Å²) in [5.41, 5.74) is 6.86. The van der Waals surface area contributed by atoms with E-state index in [2.05, 4.69) is 26.8 Å². The Morgan fingerprint density at radius 1 is 1.27 bits per heavy atom. The number of methoxy groups -OCH3 is 1. The number of nitrogens with two attached hydrogens (primary N) is 1. The van der Waals surface area contributed by atoms with Crippen LogP contribution in [0.2, 0.25) is 0 Å². The Balaban J connectivity index is 0.00000400. The van der Waals surface area contributed by atoms with E-state index < -0.39 is 18.0 Å². The van der Waals surface area contributed by atoms with Gasteiger partial charge in [0.25, 0.3) is 12.3 Å². The highest BCUT2D eigenvalue weighted by molar-refractivity contribution is 8.26. The topological polar surface area (TPSA) is 124 Å². The fraction of sp³-hybridized carbons (Fsp3) is 0.423. The van der Waals surface area contributed by atoms with Gasteiger partial charge in [0.1, 0.15) is 16.5 Å². The maximum absolute atomic E-state index is 13.5. The predicted molar refractivity (Wildman–Crippen MR) is 140 cm³/mol. The maximum atomic E-state index is 13.5. The van der Waals surface area contributed by atoms with E-state index in [1.54, 1.807) is 6.07 Å². The molecule has 0 atom stereocenters. The summed E-state index contributed by atoms with van der Waals surface area (Å²) in [7, 11) is 1.40. The lowest BCUT2D eigenvalue weighted by molar-refractivity contribution is 0.0663. The Labute approximate surface area is 219 Å². The number of rotatable bonds is 6. The minimum absolute atomic E-state index is 0. The molecular weight excluding hydrogens is 500 g/mol. The zero-order valence-corrected chi connectivity index (χ0v) is 21.1. The largest absolute Gasteiger partial charge is 0.494 e. The highest BCUT2D eigenvalue weighted by atomic mass is 32.2. The second-order valence-electron chi connectivity index (χ2n) is 8.82. The molecule has 2 aromatic heterocycles. The zero-order chi connectivity index (χ0) is 26.4. The van der Waals surface area contributed by atoms with Crippen LogP contribution in [-0.4, -0.2) is 46.4 Å². The first-order chi connectivity index (χ1) is 17.8. The summed E-state index contributed by atoms with van der Waals surface area (Å²) in [6.07, 6.45) is 4.26. The number of halogens is 2. The monoisotopic (exact) mass is 529 g/mol. The molecule has 0 aromatic carbocycles. The summed E-state index contributed by atoms with van der Waals surface area (Å²) in [4.78, 5) is 25.3. The van der Waals surface area contributed by atoms with Gasteiger partial charge in [-0.15, -0.1) is 0 Å². The minimum Gasteiger partial charge on any atom is -0.494 e. The molecule has 0 radical (unpaired) electrons. The fourth-order valence-electron chi connectivity index (χ4n) is 3.91. The van der Waals surface area contributed by atoms with Gasteiger partial charge in [-0.05, 0) is 67.8 Å². The van der Waals surface area contributed by atoms with Crippen molar-refractivity contribution >= 4 is 27.9 Å². The Bertz CT molecular complexity index is 1270. The van der Waals surface area contributed by atoms with Crippen LogP contribution < -0.4 is 10.5 Å². The summed E-state index contributed by atoms with van der Waals surface area (Å²) in [6.45, 7) is 1.35. The number of ether oxygens (including phenoxy) is 2. The summed E-state index contributed by atoms with van der Waals surface area (Å²) >= 11 is 0.785. The molecule has 2 aromatic rings. The highest BCUT2D eigenvalue weighted by Crippen LogP contribution is 2.36. The van der Waals surface area contributed by atoms with Crippen LogP contribution in [0.4, 0.5) is 8.78 Å². The van der Waals surface area contributed by atoms with E-state index in [9.17, 15) is 13.6 Å². The normalized spacial score (nSPS) is 16.3. The lowest BCUT2D eigenvalue weighted by Gasteiger charge is -2.22. The molecule has 0 bridgehead atoms. The number of aromatic nitrogens is 2. The van der Waals surface area contributed by atoms with Crippen LogP contribution in [0.5, 0.6) is 5.75 Å². The van der Waals surface area contributed by atoms with Gasteiger partial charge >= 0.3 is 0 Å². The van der Waals surface area contributed by atoms with Crippen molar-refractivity contribution in [2.45, 2.75) is 38.5 Å². The second-order valence-corrected chi connectivity index (χ2v) is 9.85.